The summed E-state index contributed by atoms with van der Waals surface area (Å²) in [6, 6.07) is 14.3. The van der Waals surface area contributed by atoms with E-state index in [0.717, 1.165) is 18.5 Å². The van der Waals surface area contributed by atoms with Crippen LogP contribution in [0.1, 0.15) is 21.6 Å². The van der Waals surface area contributed by atoms with Crippen LogP contribution >= 0.6 is 0 Å². The minimum Gasteiger partial charge on any atom is -0.340 e. The second-order valence-corrected chi connectivity index (χ2v) is 5.64. The highest BCUT2D eigenvalue weighted by atomic mass is 19.4. The average Bonchev–Trinajstić information content (AvgIpc) is 2.68. The number of nitrogens with zero attached hydrogens (tertiary/aromatic N) is 3. The number of halogens is 3. The van der Waals surface area contributed by atoms with Gasteiger partial charge in [0.2, 0.25) is 0 Å². The molecule has 0 saturated heterocycles. The molecule has 0 aliphatic carbocycles. The SMILES string of the molecule is N#Cc1cccc(Nc2cc(C(=O)Nc3cccc(C(F)(F)F)c3)ncn2)c1. The zero-order valence-corrected chi connectivity index (χ0v) is 14.2. The third kappa shape index (κ3) is 4.62. The first kappa shape index (κ1) is 18.8. The van der Waals surface area contributed by atoms with Crippen molar-refractivity contribution in [3.05, 3.63) is 77.7 Å². The number of amides is 1. The van der Waals surface area contributed by atoms with E-state index >= 15 is 0 Å². The molecule has 0 radical (unpaired) electrons. The highest BCUT2D eigenvalue weighted by Crippen LogP contribution is 2.30. The van der Waals surface area contributed by atoms with Gasteiger partial charge in [0.1, 0.15) is 17.8 Å². The number of hydrogen-bond acceptors (Lipinski definition) is 5. The Hall–Kier alpha value is -3.93. The van der Waals surface area contributed by atoms with Gasteiger partial charge in [-0.05, 0) is 36.4 Å². The van der Waals surface area contributed by atoms with Crippen molar-refractivity contribution in [2.45, 2.75) is 6.18 Å². The van der Waals surface area contributed by atoms with Crippen LogP contribution in [0.3, 0.4) is 0 Å². The first-order valence-corrected chi connectivity index (χ1v) is 7.93. The van der Waals surface area contributed by atoms with Gasteiger partial charge in [-0.25, -0.2) is 9.97 Å². The maximum Gasteiger partial charge on any atom is 0.416 e. The third-order valence-corrected chi connectivity index (χ3v) is 3.61. The van der Waals surface area contributed by atoms with Crippen LogP contribution in [0, 0.1) is 11.3 Å². The Morgan fingerprint density at radius 3 is 2.50 bits per heavy atom. The summed E-state index contributed by atoms with van der Waals surface area (Å²) in [7, 11) is 0. The molecule has 2 aromatic carbocycles. The molecule has 0 aliphatic rings. The van der Waals surface area contributed by atoms with E-state index in [9.17, 15) is 18.0 Å². The topological polar surface area (TPSA) is 90.7 Å². The number of alkyl halides is 3. The molecule has 28 heavy (non-hydrogen) atoms. The van der Waals surface area contributed by atoms with E-state index in [1.807, 2.05) is 6.07 Å². The van der Waals surface area contributed by atoms with E-state index in [2.05, 4.69) is 20.6 Å². The smallest absolute Gasteiger partial charge is 0.340 e. The molecule has 3 aromatic rings. The molecular formula is C19H12F3N5O. The number of benzene rings is 2. The minimum atomic E-state index is -4.51. The predicted molar refractivity (Wildman–Crippen MR) is 95.9 cm³/mol. The number of anilines is 3. The first-order chi connectivity index (χ1) is 13.3. The molecule has 9 heteroatoms. The lowest BCUT2D eigenvalue weighted by atomic mass is 10.2. The van der Waals surface area contributed by atoms with Crippen LogP contribution in [-0.2, 0) is 6.18 Å². The van der Waals surface area contributed by atoms with Crippen LogP contribution in [-0.4, -0.2) is 15.9 Å². The maximum absolute atomic E-state index is 12.8. The molecule has 1 heterocycles. The van der Waals surface area contributed by atoms with Crippen LogP contribution in [0.15, 0.2) is 60.9 Å². The highest BCUT2D eigenvalue weighted by Gasteiger charge is 2.30. The molecule has 0 saturated carbocycles. The Balaban J connectivity index is 1.76. The Morgan fingerprint density at radius 1 is 1.00 bits per heavy atom. The summed E-state index contributed by atoms with van der Waals surface area (Å²) >= 11 is 0. The number of hydrogen-bond donors (Lipinski definition) is 2. The Kier molecular flexibility index (Phi) is 5.22. The Bertz CT molecular complexity index is 1060. The summed E-state index contributed by atoms with van der Waals surface area (Å²) in [6.07, 6.45) is -3.36. The van der Waals surface area contributed by atoms with Crippen LogP contribution < -0.4 is 10.6 Å². The lowest BCUT2D eigenvalue weighted by Crippen LogP contribution is -2.15. The number of carbonyl (C=O) groups excluding carboxylic acids is 1. The monoisotopic (exact) mass is 383 g/mol. The molecule has 2 N–H and O–H groups in total. The predicted octanol–water partition coefficient (Wildman–Crippen LogP) is 4.36. The fraction of sp³-hybridized carbons (Fsp3) is 0.0526. The van der Waals surface area contributed by atoms with Gasteiger partial charge in [0.25, 0.3) is 5.91 Å². The van der Waals surface area contributed by atoms with E-state index in [-0.39, 0.29) is 11.4 Å². The zero-order chi connectivity index (χ0) is 20.1. The quantitative estimate of drug-likeness (QED) is 0.698. The van der Waals surface area contributed by atoms with E-state index in [1.54, 1.807) is 24.3 Å². The number of carbonyl (C=O) groups is 1. The van der Waals surface area contributed by atoms with E-state index in [0.29, 0.717) is 17.1 Å². The molecule has 140 valence electrons. The van der Waals surface area contributed by atoms with Crippen molar-refractivity contribution in [3.8, 4) is 6.07 Å². The molecule has 1 aromatic heterocycles. The molecule has 0 aliphatic heterocycles. The summed E-state index contributed by atoms with van der Waals surface area (Å²) in [4.78, 5) is 20.2. The van der Waals surface area contributed by atoms with Crippen LogP contribution in [0.5, 0.6) is 0 Å². The van der Waals surface area contributed by atoms with Crippen molar-refractivity contribution in [3.63, 3.8) is 0 Å². The summed E-state index contributed by atoms with van der Waals surface area (Å²) in [6.45, 7) is 0. The molecule has 6 nitrogen and oxygen atoms in total. The number of nitrogens with one attached hydrogen (secondary N) is 2. The first-order valence-electron chi connectivity index (χ1n) is 7.93. The Labute approximate surface area is 157 Å². The van der Waals surface area contributed by atoms with Gasteiger partial charge in [0.15, 0.2) is 0 Å². The second kappa shape index (κ2) is 7.75. The van der Waals surface area contributed by atoms with Crippen molar-refractivity contribution < 1.29 is 18.0 Å². The number of nitriles is 1. The molecular weight excluding hydrogens is 371 g/mol. The number of aromatic nitrogens is 2. The van der Waals surface area contributed by atoms with Crippen LogP contribution in [0.2, 0.25) is 0 Å². The highest BCUT2D eigenvalue weighted by molar-refractivity contribution is 6.03. The van der Waals surface area contributed by atoms with Gasteiger partial charge < -0.3 is 10.6 Å². The van der Waals surface area contributed by atoms with E-state index < -0.39 is 17.6 Å². The van der Waals surface area contributed by atoms with Gasteiger partial charge in [-0.15, -0.1) is 0 Å². The van der Waals surface area contributed by atoms with Crippen molar-refractivity contribution in [1.29, 1.82) is 5.26 Å². The maximum atomic E-state index is 12.8. The van der Waals surface area contributed by atoms with Gasteiger partial charge in [-0.1, -0.05) is 12.1 Å². The van der Waals surface area contributed by atoms with E-state index in [4.69, 9.17) is 5.26 Å². The fourth-order valence-corrected chi connectivity index (χ4v) is 2.33. The van der Waals surface area contributed by atoms with Crippen LogP contribution in [0.25, 0.3) is 0 Å². The van der Waals surface area contributed by atoms with Gasteiger partial charge in [-0.2, -0.15) is 18.4 Å². The van der Waals surface area contributed by atoms with Crippen molar-refractivity contribution in [2.75, 3.05) is 10.6 Å². The normalized spacial score (nSPS) is 10.8. The molecule has 0 unspecified atom stereocenters. The fourth-order valence-electron chi connectivity index (χ4n) is 2.33. The third-order valence-electron chi connectivity index (χ3n) is 3.61. The zero-order valence-electron chi connectivity index (χ0n) is 14.2. The molecule has 0 fully saturated rings. The average molecular weight is 383 g/mol. The lowest BCUT2D eigenvalue weighted by Gasteiger charge is -2.10. The molecule has 3 rings (SSSR count). The summed E-state index contributed by atoms with van der Waals surface area (Å²) < 4.78 is 38.3. The summed E-state index contributed by atoms with van der Waals surface area (Å²) in [5, 5.41) is 14.2. The van der Waals surface area contributed by atoms with Crippen molar-refractivity contribution in [1.82, 2.24) is 9.97 Å². The van der Waals surface area contributed by atoms with Gasteiger partial charge >= 0.3 is 6.18 Å². The summed E-state index contributed by atoms with van der Waals surface area (Å²) in [5.41, 5.74) is 0.122. The van der Waals surface area contributed by atoms with Crippen molar-refractivity contribution >= 4 is 23.1 Å². The molecule has 0 bridgehead atoms. The standard InChI is InChI=1S/C19H12F3N5O/c20-19(21,22)13-4-2-6-15(8-13)27-18(28)16-9-17(25-11-24-16)26-14-5-1-3-12(7-14)10-23/h1-9,11H,(H,27,28)(H,24,25,26). The van der Waals surface area contributed by atoms with Gasteiger partial charge in [0.05, 0.1) is 17.2 Å². The molecule has 0 spiro atoms. The van der Waals surface area contributed by atoms with Gasteiger partial charge in [0, 0.05) is 17.4 Å². The summed E-state index contributed by atoms with van der Waals surface area (Å²) in [5.74, 6) is -0.394. The second-order valence-electron chi connectivity index (χ2n) is 5.64. The van der Waals surface area contributed by atoms with Gasteiger partial charge in [-0.3, -0.25) is 4.79 Å². The Morgan fingerprint density at radius 2 is 1.75 bits per heavy atom. The number of rotatable bonds is 4. The van der Waals surface area contributed by atoms with Crippen molar-refractivity contribution in [2.24, 2.45) is 0 Å². The molecule has 0 atom stereocenters. The minimum absolute atomic E-state index is 0.00494. The molecule has 1 amide bonds. The largest absolute Gasteiger partial charge is 0.416 e. The van der Waals surface area contributed by atoms with Crippen LogP contribution in [0.4, 0.5) is 30.4 Å². The van der Waals surface area contributed by atoms with E-state index in [1.165, 1.54) is 18.2 Å². The lowest BCUT2D eigenvalue weighted by molar-refractivity contribution is -0.137.